The van der Waals surface area contributed by atoms with Crippen LogP contribution in [0.1, 0.15) is 27.7 Å². The van der Waals surface area contributed by atoms with Crippen molar-refractivity contribution in [3.8, 4) is 0 Å². The normalized spacial score (nSPS) is 20.2. The van der Waals surface area contributed by atoms with Crippen molar-refractivity contribution < 1.29 is 29.3 Å². The molecule has 0 aromatic heterocycles. The van der Waals surface area contributed by atoms with Gasteiger partial charge in [0.25, 0.3) is 0 Å². The Morgan fingerprint density at radius 3 is 1.32 bits per heavy atom. The molecule has 0 saturated carbocycles. The summed E-state index contributed by atoms with van der Waals surface area (Å²) < 4.78 is 22.4. The average molecular weight is 776 g/mol. The van der Waals surface area contributed by atoms with Crippen molar-refractivity contribution in [1.29, 1.82) is 0 Å². The fourth-order valence-corrected chi connectivity index (χ4v) is 37.4. The zero-order chi connectivity index (χ0) is 29.8. The Labute approximate surface area is 244 Å². The Bertz CT molecular complexity index is 927. The minimum absolute atomic E-state index is 0.357. The standard InChI is InChI=1S/C27H51O3Si4.3CH3.Pt/c1-14-20-31(8,9)24-23-27(7,34(28-17-4,29-18-5)30-19-6)26(33(12,13)22-16-3)25(24)32(10,11)21-15-2;;;;/h14-16H,1-3,17-22H2,4-13H3;3*1H3;. The first-order chi connectivity index (χ1) is 17.3. The van der Waals surface area contributed by atoms with Crippen molar-refractivity contribution in [2.24, 2.45) is 0 Å². The Balaban J connectivity index is 4.76. The maximum absolute atomic E-state index is 6.91. The second-order valence-corrected chi connectivity index (χ2v) is 41.3. The zero-order valence-electron chi connectivity index (χ0n) is 27.1. The topological polar surface area (TPSA) is 27.7 Å². The van der Waals surface area contributed by atoms with Gasteiger partial charge < -0.3 is 0 Å². The summed E-state index contributed by atoms with van der Waals surface area (Å²) in [5.74, 6) is 0. The Morgan fingerprint density at radius 1 is 0.658 bits per heavy atom. The molecule has 38 heavy (non-hydrogen) atoms. The number of hydrogen-bond acceptors (Lipinski definition) is 3. The average Bonchev–Trinajstić information content (AvgIpc) is 3.08. The fourth-order valence-electron chi connectivity index (χ4n) is 6.64. The van der Waals surface area contributed by atoms with Crippen LogP contribution in [0.2, 0.25) is 78.4 Å². The van der Waals surface area contributed by atoms with Gasteiger partial charge in [-0.3, -0.25) is 0 Å². The van der Waals surface area contributed by atoms with Gasteiger partial charge in [0.05, 0.1) is 0 Å². The van der Waals surface area contributed by atoms with Crippen LogP contribution < -0.4 is 0 Å². The van der Waals surface area contributed by atoms with Crippen LogP contribution in [-0.4, -0.2) is 52.8 Å². The van der Waals surface area contributed by atoms with Gasteiger partial charge in [0.1, 0.15) is 0 Å². The van der Waals surface area contributed by atoms with Crippen molar-refractivity contribution >= 4 is 33.0 Å². The molecule has 0 bridgehead atoms. The van der Waals surface area contributed by atoms with E-state index < -0.39 is 49.1 Å². The summed E-state index contributed by atoms with van der Waals surface area (Å²) in [5.41, 5.74) is 0. The molecule has 0 aliphatic heterocycles. The molecule has 0 saturated heterocycles. The molecule has 224 valence electrons. The van der Waals surface area contributed by atoms with Gasteiger partial charge >= 0.3 is 246 Å². The SMILES string of the molecule is C=CC[Si](C)(C)C1=C([Si](C)(C)CC=C)C(C)([Si](OCC)(OCC)OCC)[C]([Pt]([CH3])([CH3])[CH3])=C1[Si](C)(C)CC=C. The van der Waals surface area contributed by atoms with Gasteiger partial charge in [-0.15, -0.1) is 0 Å². The molecular weight excluding hydrogens is 716 g/mol. The third-order valence-electron chi connectivity index (χ3n) is 7.70. The van der Waals surface area contributed by atoms with Gasteiger partial charge in [-0.1, -0.05) is 0 Å². The summed E-state index contributed by atoms with van der Waals surface area (Å²) in [4.78, 5) is 0. The monoisotopic (exact) mass is 775 g/mol. The quantitative estimate of drug-likeness (QED) is 0.109. The molecule has 1 aliphatic carbocycles. The third kappa shape index (κ3) is 6.78. The van der Waals surface area contributed by atoms with Gasteiger partial charge in [-0.25, -0.2) is 0 Å². The number of allylic oxidation sites excluding steroid dienone is 7. The van der Waals surface area contributed by atoms with Crippen LogP contribution in [0.4, 0.5) is 0 Å². The van der Waals surface area contributed by atoms with Crippen molar-refractivity contribution in [2.45, 2.75) is 106 Å². The van der Waals surface area contributed by atoms with E-state index in [1.165, 1.54) is 0 Å². The van der Waals surface area contributed by atoms with Gasteiger partial charge in [0.2, 0.25) is 0 Å². The predicted octanol–water partition coefficient (Wildman–Crippen LogP) is 9.96. The van der Waals surface area contributed by atoms with E-state index in [2.05, 4.69) is 121 Å². The van der Waals surface area contributed by atoms with Gasteiger partial charge in [0.15, 0.2) is 0 Å². The minimum atomic E-state index is -3.23. The third-order valence-corrected chi connectivity index (χ3v) is 28.1. The molecule has 1 aliphatic rings. The molecule has 0 spiro atoms. The molecule has 0 N–H and O–H groups in total. The van der Waals surface area contributed by atoms with E-state index in [9.17, 15) is 0 Å². The van der Waals surface area contributed by atoms with Crippen LogP contribution in [0.5, 0.6) is 0 Å². The second-order valence-electron chi connectivity index (χ2n) is 12.9. The summed E-state index contributed by atoms with van der Waals surface area (Å²) in [6.45, 7) is 38.7. The van der Waals surface area contributed by atoms with Crippen molar-refractivity contribution in [3.05, 3.63) is 57.5 Å². The molecule has 0 aromatic rings. The summed E-state index contributed by atoms with van der Waals surface area (Å²) >= 11 is -2.47. The molecule has 3 nitrogen and oxygen atoms in total. The van der Waals surface area contributed by atoms with Crippen LogP contribution in [0, 0.1) is 0 Å². The van der Waals surface area contributed by atoms with Crippen LogP contribution in [-0.2, 0) is 29.3 Å². The van der Waals surface area contributed by atoms with Gasteiger partial charge in [-0.05, 0) is 0 Å². The maximum atomic E-state index is 6.91. The fraction of sp³-hybridized carbons (Fsp3) is 0.667. The Kier molecular flexibility index (Phi) is 12.8. The summed E-state index contributed by atoms with van der Waals surface area (Å²) in [5, 5.41) is 12.5. The summed E-state index contributed by atoms with van der Waals surface area (Å²) in [7, 11) is -9.12. The van der Waals surface area contributed by atoms with E-state index in [-0.39, 0.29) is 5.04 Å². The molecular formula is C30H60O3PtSi4. The van der Waals surface area contributed by atoms with Crippen LogP contribution in [0.15, 0.2) is 57.5 Å². The predicted molar refractivity (Wildman–Crippen MR) is 178 cm³/mol. The van der Waals surface area contributed by atoms with Crippen LogP contribution in [0.25, 0.3) is 0 Å². The number of hydrogen-bond donors (Lipinski definition) is 0. The first-order valence-electron chi connectivity index (χ1n) is 14.0. The molecule has 0 heterocycles. The van der Waals surface area contributed by atoms with Crippen LogP contribution in [0.3, 0.4) is 0 Å². The van der Waals surface area contributed by atoms with Crippen molar-refractivity contribution in [1.82, 2.24) is 0 Å². The molecule has 0 amide bonds. The van der Waals surface area contributed by atoms with E-state index in [1.54, 1.807) is 19.6 Å². The number of rotatable bonds is 17. The zero-order valence-corrected chi connectivity index (χ0v) is 33.4. The molecule has 8 heteroatoms. The molecule has 0 fully saturated rings. The summed E-state index contributed by atoms with van der Waals surface area (Å²) in [6, 6.07) is 3.18. The van der Waals surface area contributed by atoms with Gasteiger partial charge in [0, 0.05) is 0 Å². The molecule has 0 aromatic carbocycles. The second kappa shape index (κ2) is 13.4. The van der Waals surface area contributed by atoms with Gasteiger partial charge in [-0.2, -0.15) is 0 Å². The molecule has 1 unspecified atom stereocenters. The van der Waals surface area contributed by atoms with E-state index in [0.29, 0.717) is 19.8 Å². The summed E-state index contributed by atoms with van der Waals surface area (Å²) in [6.07, 6.45) is 6.50. The molecule has 1 atom stereocenters. The molecule has 1 rings (SSSR count). The first-order valence-corrected chi connectivity index (χ1v) is 33.3. The van der Waals surface area contributed by atoms with Crippen molar-refractivity contribution in [3.63, 3.8) is 0 Å². The van der Waals surface area contributed by atoms with Crippen molar-refractivity contribution in [2.75, 3.05) is 19.8 Å². The van der Waals surface area contributed by atoms with E-state index in [1.807, 2.05) is 0 Å². The first kappa shape index (κ1) is 36.2. The van der Waals surface area contributed by atoms with E-state index in [4.69, 9.17) is 13.3 Å². The Morgan fingerprint density at radius 2 is 1.00 bits per heavy atom. The molecule has 0 radical (unpaired) electrons. The van der Waals surface area contributed by atoms with Crippen LogP contribution >= 0.6 is 0 Å². The van der Waals surface area contributed by atoms with E-state index in [0.717, 1.165) is 18.1 Å². The van der Waals surface area contributed by atoms with E-state index >= 15 is 0 Å². The Hall–Kier alpha value is 0.136.